The van der Waals surface area contributed by atoms with E-state index in [4.69, 9.17) is 10.2 Å². The molecule has 0 unspecified atom stereocenters. The second-order valence-corrected chi connectivity index (χ2v) is 3.85. The summed E-state index contributed by atoms with van der Waals surface area (Å²) >= 11 is 0. The van der Waals surface area contributed by atoms with Crippen molar-refractivity contribution in [2.45, 2.75) is 6.61 Å². The van der Waals surface area contributed by atoms with Crippen LogP contribution in [-0.4, -0.2) is 16.2 Å². The molecule has 92 valence electrons. The Kier molecular flexibility index (Phi) is 3.39. The van der Waals surface area contributed by atoms with Gasteiger partial charge in [0, 0.05) is 0 Å². The molecule has 2 rings (SSSR count). The maximum Gasteiger partial charge on any atom is 0.336 e. The fraction of sp³-hybridized carbons (Fsp3) is 0.0714. The number of carboxylic acid groups (broad SMARTS) is 1. The Morgan fingerprint density at radius 3 is 2.61 bits per heavy atom. The third-order valence-electron chi connectivity index (χ3n) is 2.63. The third-order valence-corrected chi connectivity index (χ3v) is 2.63. The molecule has 0 radical (unpaired) electrons. The van der Waals surface area contributed by atoms with Gasteiger partial charge in [-0.25, -0.2) is 9.18 Å². The quantitative estimate of drug-likeness (QED) is 0.875. The first-order valence-electron chi connectivity index (χ1n) is 5.35. The number of aromatic carboxylic acids is 1. The van der Waals surface area contributed by atoms with Gasteiger partial charge in [-0.2, -0.15) is 0 Å². The molecule has 0 atom stereocenters. The molecule has 0 bridgehead atoms. The van der Waals surface area contributed by atoms with Crippen LogP contribution < -0.4 is 0 Å². The van der Waals surface area contributed by atoms with Crippen LogP contribution in [0, 0.1) is 5.82 Å². The Bertz CT molecular complexity index is 593. The molecule has 18 heavy (non-hydrogen) atoms. The second-order valence-electron chi connectivity index (χ2n) is 3.85. The van der Waals surface area contributed by atoms with Crippen LogP contribution in [0.5, 0.6) is 0 Å². The Balaban J connectivity index is 2.59. The maximum atomic E-state index is 13.1. The van der Waals surface area contributed by atoms with Crippen LogP contribution in [0.25, 0.3) is 11.1 Å². The van der Waals surface area contributed by atoms with Gasteiger partial charge in [0.05, 0.1) is 12.2 Å². The number of hydrogen-bond donors (Lipinski definition) is 2. The van der Waals surface area contributed by atoms with Crippen molar-refractivity contribution >= 4 is 5.97 Å². The summed E-state index contributed by atoms with van der Waals surface area (Å²) in [6, 6.07) is 10.5. The summed E-state index contributed by atoms with van der Waals surface area (Å²) in [5.74, 6) is -1.77. The number of rotatable bonds is 3. The first-order chi connectivity index (χ1) is 8.61. The number of halogens is 1. The van der Waals surface area contributed by atoms with Crippen molar-refractivity contribution in [1.29, 1.82) is 0 Å². The lowest BCUT2D eigenvalue weighted by Crippen LogP contribution is -2.00. The minimum atomic E-state index is -1.18. The molecular weight excluding hydrogens is 235 g/mol. The zero-order chi connectivity index (χ0) is 13.1. The number of aliphatic hydroxyl groups excluding tert-OH is 1. The SMILES string of the molecule is O=C(O)c1cc(F)ccc1-c1cccc(CO)c1. The Hall–Kier alpha value is -2.20. The number of benzene rings is 2. The first-order valence-corrected chi connectivity index (χ1v) is 5.35. The van der Waals surface area contributed by atoms with Gasteiger partial charge in [0.15, 0.2) is 0 Å². The van der Waals surface area contributed by atoms with E-state index >= 15 is 0 Å². The topological polar surface area (TPSA) is 57.5 Å². The van der Waals surface area contributed by atoms with Gasteiger partial charge >= 0.3 is 5.97 Å². The molecule has 0 aromatic heterocycles. The molecular formula is C14H11FO3. The minimum Gasteiger partial charge on any atom is -0.478 e. The van der Waals surface area contributed by atoms with Crippen LogP contribution in [0.2, 0.25) is 0 Å². The monoisotopic (exact) mass is 246 g/mol. The Labute approximate surface area is 103 Å². The van der Waals surface area contributed by atoms with Gasteiger partial charge in [0.2, 0.25) is 0 Å². The van der Waals surface area contributed by atoms with E-state index in [1.807, 2.05) is 0 Å². The van der Waals surface area contributed by atoms with Crippen LogP contribution in [0.15, 0.2) is 42.5 Å². The van der Waals surface area contributed by atoms with Crippen molar-refractivity contribution in [2.24, 2.45) is 0 Å². The standard InChI is InChI=1S/C14H11FO3/c15-11-4-5-12(13(7-11)14(17)18)10-3-1-2-9(6-10)8-16/h1-7,16H,8H2,(H,17,18). The summed E-state index contributed by atoms with van der Waals surface area (Å²) in [4.78, 5) is 11.1. The highest BCUT2D eigenvalue weighted by Gasteiger charge is 2.12. The predicted octanol–water partition coefficient (Wildman–Crippen LogP) is 2.68. The average Bonchev–Trinajstić information content (AvgIpc) is 2.38. The van der Waals surface area contributed by atoms with Gasteiger partial charge in [-0.05, 0) is 34.9 Å². The zero-order valence-corrected chi connectivity index (χ0v) is 9.43. The lowest BCUT2D eigenvalue weighted by molar-refractivity contribution is 0.0697. The normalized spacial score (nSPS) is 10.3. The van der Waals surface area contributed by atoms with Crippen LogP contribution in [-0.2, 0) is 6.61 Å². The van der Waals surface area contributed by atoms with E-state index in [0.717, 1.165) is 6.07 Å². The highest BCUT2D eigenvalue weighted by molar-refractivity contribution is 5.96. The summed E-state index contributed by atoms with van der Waals surface area (Å²) in [5, 5.41) is 18.1. The first kappa shape index (κ1) is 12.3. The number of carbonyl (C=O) groups is 1. The molecule has 0 aliphatic heterocycles. The molecule has 2 aromatic carbocycles. The van der Waals surface area contributed by atoms with Gasteiger partial charge in [-0.15, -0.1) is 0 Å². The molecule has 2 N–H and O–H groups in total. The second kappa shape index (κ2) is 4.98. The van der Waals surface area contributed by atoms with E-state index in [1.165, 1.54) is 12.1 Å². The lowest BCUT2D eigenvalue weighted by atomic mass is 9.98. The summed E-state index contributed by atoms with van der Waals surface area (Å²) in [5.41, 5.74) is 1.65. The van der Waals surface area contributed by atoms with Gasteiger partial charge in [-0.1, -0.05) is 24.3 Å². The molecule has 0 spiro atoms. The van der Waals surface area contributed by atoms with Crippen molar-refractivity contribution in [3.8, 4) is 11.1 Å². The van der Waals surface area contributed by atoms with Crippen LogP contribution >= 0.6 is 0 Å². The molecule has 4 heteroatoms. The molecule has 0 fully saturated rings. The largest absolute Gasteiger partial charge is 0.478 e. The maximum absolute atomic E-state index is 13.1. The number of carboxylic acids is 1. The van der Waals surface area contributed by atoms with Gasteiger partial charge in [0.25, 0.3) is 0 Å². The Morgan fingerprint density at radius 2 is 1.94 bits per heavy atom. The number of aliphatic hydroxyl groups is 1. The molecule has 0 aliphatic rings. The lowest BCUT2D eigenvalue weighted by Gasteiger charge is -2.07. The molecule has 3 nitrogen and oxygen atoms in total. The van der Waals surface area contributed by atoms with E-state index in [9.17, 15) is 9.18 Å². The van der Waals surface area contributed by atoms with Gasteiger partial charge in [0.1, 0.15) is 5.82 Å². The summed E-state index contributed by atoms with van der Waals surface area (Å²) in [6.45, 7) is -0.128. The molecule has 2 aromatic rings. The fourth-order valence-corrected chi connectivity index (χ4v) is 1.78. The van der Waals surface area contributed by atoms with E-state index in [1.54, 1.807) is 24.3 Å². The van der Waals surface area contributed by atoms with Crippen LogP contribution in [0.4, 0.5) is 4.39 Å². The van der Waals surface area contributed by atoms with Crippen molar-refractivity contribution in [2.75, 3.05) is 0 Å². The van der Waals surface area contributed by atoms with E-state index in [0.29, 0.717) is 16.7 Å². The van der Waals surface area contributed by atoms with E-state index in [2.05, 4.69) is 0 Å². The minimum absolute atomic E-state index is 0.0925. The van der Waals surface area contributed by atoms with Gasteiger partial charge < -0.3 is 10.2 Å². The third kappa shape index (κ3) is 2.38. The summed E-state index contributed by atoms with van der Waals surface area (Å²) in [6.07, 6.45) is 0. The van der Waals surface area contributed by atoms with Crippen LogP contribution in [0.1, 0.15) is 15.9 Å². The van der Waals surface area contributed by atoms with Crippen LogP contribution in [0.3, 0.4) is 0 Å². The molecule has 0 saturated carbocycles. The predicted molar refractivity (Wildman–Crippen MR) is 64.7 cm³/mol. The summed E-state index contributed by atoms with van der Waals surface area (Å²) < 4.78 is 13.1. The average molecular weight is 246 g/mol. The smallest absolute Gasteiger partial charge is 0.336 e. The molecule has 0 saturated heterocycles. The fourth-order valence-electron chi connectivity index (χ4n) is 1.78. The van der Waals surface area contributed by atoms with Crippen molar-refractivity contribution in [3.63, 3.8) is 0 Å². The highest BCUT2D eigenvalue weighted by atomic mass is 19.1. The zero-order valence-electron chi connectivity index (χ0n) is 9.43. The van der Waals surface area contributed by atoms with E-state index < -0.39 is 11.8 Å². The molecule has 0 aliphatic carbocycles. The van der Waals surface area contributed by atoms with Gasteiger partial charge in [-0.3, -0.25) is 0 Å². The molecule has 0 amide bonds. The van der Waals surface area contributed by atoms with Crippen molar-refractivity contribution in [1.82, 2.24) is 0 Å². The highest BCUT2D eigenvalue weighted by Crippen LogP contribution is 2.25. The number of hydrogen-bond acceptors (Lipinski definition) is 2. The molecule has 0 heterocycles. The van der Waals surface area contributed by atoms with Crippen molar-refractivity contribution in [3.05, 3.63) is 59.4 Å². The van der Waals surface area contributed by atoms with Crippen molar-refractivity contribution < 1.29 is 19.4 Å². The Morgan fingerprint density at radius 1 is 1.17 bits per heavy atom. The summed E-state index contributed by atoms with van der Waals surface area (Å²) in [7, 11) is 0. The van der Waals surface area contributed by atoms with E-state index in [-0.39, 0.29) is 12.2 Å².